The van der Waals surface area contributed by atoms with Gasteiger partial charge in [-0.15, -0.1) is 11.3 Å². The Morgan fingerprint density at radius 1 is 1.22 bits per heavy atom. The van der Waals surface area contributed by atoms with Gasteiger partial charge in [0.25, 0.3) is 5.91 Å². The predicted molar refractivity (Wildman–Crippen MR) is 139 cm³/mol. The average molecular weight is 531 g/mol. The second-order valence-electron chi connectivity index (χ2n) is 8.71. The van der Waals surface area contributed by atoms with Crippen LogP contribution in [-0.4, -0.2) is 35.7 Å². The van der Waals surface area contributed by atoms with Gasteiger partial charge in [-0.25, -0.2) is 18.6 Å². The van der Waals surface area contributed by atoms with E-state index < -0.39 is 29.1 Å². The lowest BCUT2D eigenvalue weighted by molar-refractivity contribution is -0.132. The fourth-order valence-electron chi connectivity index (χ4n) is 3.40. The van der Waals surface area contributed by atoms with E-state index in [1.807, 2.05) is 18.2 Å². The quantitative estimate of drug-likeness (QED) is 0.220. The molecule has 0 aliphatic carbocycles. The highest BCUT2D eigenvalue weighted by Gasteiger charge is 2.18. The maximum atomic E-state index is 14.4. The number of para-hydroxylation sites is 1. The number of halogens is 2. The first kappa shape index (κ1) is 27.9. The number of thiazole rings is 1. The van der Waals surface area contributed by atoms with Gasteiger partial charge in [0.15, 0.2) is 5.13 Å². The van der Waals surface area contributed by atoms with Crippen LogP contribution < -0.4 is 10.1 Å². The molecule has 0 aliphatic rings. The number of benzene rings is 2. The van der Waals surface area contributed by atoms with Crippen LogP contribution in [0.3, 0.4) is 0 Å². The zero-order valence-corrected chi connectivity index (χ0v) is 21.7. The van der Waals surface area contributed by atoms with E-state index in [2.05, 4.69) is 24.1 Å². The number of hydrogen-bond donors (Lipinski definition) is 2. The molecular weight excluding hydrogens is 502 g/mol. The predicted octanol–water partition coefficient (Wildman–Crippen LogP) is 6.40. The van der Waals surface area contributed by atoms with Gasteiger partial charge in [-0.2, -0.15) is 0 Å². The van der Waals surface area contributed by atoms with Crippen molar-refractivity contribution in [3.8, 4) is 17.0 Å². The number of ether oxygens (including phenoxy) is 2. The Morgan fingerprint density at radius 2 is 1.92 bits per heavy atom. The van der Waals surface area contributed by atoms with Crippen LogP contribution >= 0.6 is 11.3 Å². The van der Waals surface area contributed by atoms with Crippen molar-refractivity contribution in [2.75, 3.05) is 19.0 Å². The van der Waals surface area contributed by atoms with Crippen molar-refractivity contribution in [3.05, 3.63) is 69.6 Å². The van der Waals surface area contributed by atoms with Crippen LogP contribution in [0.25, 0.3) is 17.3 Å². The number of anilines is 1. The van der Waals surface area contributed by atoms with Gasteiger partial charge in [0, 0.05) is 39.8 Å². The number of methoxy groups -OCH3 is 1. The summed E-state index contributed by atoms with van der Waals surface area (Å²) in [7, 11) is 1.56. The number of carboxylic acid groups (broad SMARTS) is 1. The fraction of sp³-hybridized carbons (Fsp3) is 0.296. The number of carbonyl (C=O) groups excluding carboxylic acids is 1. The SMILES string of the molecule is COc1c(COCCC(C)C)cccc1-c1csc(NC(=O)c2cc(F)c(/C=C(\C)C(=O)O)c(F)c2)n1. The Balaban J connectivity index is 1.77. The second-order valence-corrected chi connectivity index (χ2v) is 9.57. The van der Waals surface area contributed by atoms with Crippen molar-refractivity contribution in [3.63, 3.8) is 0 Å². The Kier molecular flexibility index (Phi) is 9.48. The van der Waals surface area contributed by atoms with E-state index in [0.717, 1.165) is 41.5 Å². The molecule has 10 heteroatoms. The summed E-state index contributed by atoms with van der Waals surface area (Å²) in [5.74, 6) is -3.02. The zero-order chi connectivity index (χ0) is 27.1. The highest BCUT2D eigenvalue weighted by molar-refractivity contribution is 7.14. The topological polar surface area (TPSA) is 97.8 Å². The number of amides is 1. The van der Waals surface area contributed by atoms with Gasteiger partial charge in [-0.1, -0.05) is 26.0 Å². The summed E-state index contributed by atoms with van der Waals surface area (Å²) in [6, 6.07) is 7.31. The van der Waals surface area contributed by atoms with Crippen LogP contribution in [0.2, 0.25) is 0 Å². The van der Waals surface area contributed by atoms with Crippen LogP contribution in [-0.2, 0) is 16.1 Å². The van der Waals surface area contributed by atoms with E-state index in [1.165, 1.54) is 6.92 Å². The molecule has 196 valence electrons. The van der Waals surface area contributed by atoms with Crippen molar-refractivity contribution >= 4 is 34.4 Å². The maximum Gasteiger partial charge on any atom is 0.331 e. The van der Waals surface area contributed by atoms with Crippen molar-refractivity contribution < 1.29 is 33.0 Å². The number of carbonyl (C=O) groups is 2. The van der Waals surface area contributed by atoms with Crippen molar-refractivity contribution in [2.24, 2.45) is 5.92 Å². The first-order chi connectivity index (χ1) is 17.6. The number of aliphatic carboxylic acids is 1. The minimum atomic E-state index is -1.30. The van der Waals surface area contributed by atoms with Crippen LogP contribution in [0.5, 0.6) is 5.75 Å². The van der Waals surface area contributed by atoms with E-state index in [9.17, 15) is 18.4 Å². The Labute approximate surface area is 217 Å². The fourth-order valence-corrected chi connectivity index (χ4v) is 4.10. The molecule has 3 rings (SSSR count). The summed E-state index contributed by atoms with van der Waals surface area (Å²) in [6.07, 6.45) is 1.82. The van der Waals surface area contributed by atoms with Crippen LogP contribution in [0.4, 0.5) is 13.9 Å². The monoisotopic (exact) mass is 530 g/mol. The second kappa shape index (κ2) is 12.6. The molecule has 1 aromatic heterocycles. The molecule has 1 heterocycles. The highest BCUT2D eigenvalue weighted by Crippen LogP contribution is 2.35. The lowest BCUT2D eigenvalue weighted by Gasteiger charge is -2.13. The Hall–Kier alpha value is -3.63. The molecule has 0 radical (unpaired) electrons. The van der Waals surface area contributed by atoms with E-state index in [1.54, 1.807) is 12.5 Å². The molecule has 0 saturated heterocycles. The van der Waals surface area contributed by atoms with Gasteiger partial charge in [0.1, 0.15) is 17.4 Å². The summed E-state index contributed by atoms with van der Waals surface area (Å²) >= 11 is 1.15. The van der Waals surface area contributed by atoms with Gasteiger partial charge in [0.2, 0.25) is 0 Å². The van der Waals surface area contributed by atoms with Gasteiger partial charge >= 0.3 is 5.97 Å². The number of rotatable bonds is 11. The van der Waals surface area contributed by atoms with Gasteiger partial charge in [-0.05, 0) is 43.5 Å². The maximum absolute atomic E-state index is 14.4. The molecule has 0 aliphatic heterocycles. The van der Waals surface area contributed by atoms with Gasteiger partial charge in [-0.3, -0.25) is 10.1 Å². The molecular formula is C27H28F2N2O5S. The lowest BCUT2D eigenvalue weighted by atomic mass is 10.1. The van der Waals surface area contributed by atoms with Crippen molar-refractivity contribution in [1.29, 1.82) is 0 Å². The van der Waals surface area contributed by atoms with Crippen LogP contribution in [0, 0.1) is 17.6 Å². The molecule has 0 unspecified atom stereocenters. The number of aromatic nitrogens is 1. The number of carboxylic acids is 1. The summed E-state index contributed by atoms with van der Waals surface area (Å²) in [5, 5.41) is 13.4. The first-order valence-corrected chi connectivity index (χ1v) is 12.4. The van der Waals surface area contributed by atoms with Crippen molar-refractivity contribution in [1.82, 2.24) is 4.98 Å². The molecule has 0 saturated carbocycles. The molecule has 0 atom stereocenters. The third kappa shape index (κ3) is 7.21. The summed E-state index contributed by atoms with van der Waals surface area (Å²) in [5.41, 5.74) is 1.09. The smallest absolute Gasteiger partial charge is 0.331 e. The summed E-state index contributed by atoms with van der Waals surface area (Å²) in [4.78, 5) is 28.0. The van der Waals surface area contributed by atoms with Gasteiger partial charge < -0.3 is 14.6 Å². The van der Waals surface area contributed by atoms with Gasteiger partial charge in [0.05, 0.1) is 19.4 Å². The molecule has 0 spiro atoms. The first-order valence-electron chi connectivity index (χ1n) is 11.5. The largest absolute Gasteiger partial charge is 0.496 e. The van der Waals surface area contributed by atoms with E-state index >= 15 is 0 Å². The number of hydrogen-bond acceptors (Lipinski definition) is 6. The zero-order valence-electron chi connectivity index (χ0n) is 20.9. The van der Waals surface area contributed by atoms with Crippen molar-refractivity contribution in [2.45, 2.75) is 33.8 Å². The summed E-state index contributed by atoms with van der Waals surface area (Å²) in [6.45, 7) is 6.49. The highest BCUT2D eigenvalue weighted by atomic mass is 32.1. The molecule has 37 heavy (non-hydrogen) atoms. The van der Waals surface area contributed by atoms with E-state index in [0.29, 0.717) is 36.1 Å². The number of nitrogens with one attached hydrogen (secondary N) is 1. The molecule has 0 fully saturated rings. The molecule has 3 aromatic rings. The third-order valence-corrected chi connectivity index (χ3v) is 6.20. The molecule has 2 N–H and O–H groups in total. The molecule has 7 nitrogen and oxygen atoms in total. The minimum absolute atomic E-state index is 0.229. The average Bonchev–Trinajstić information content (AvgIpc) is 3.31. The Morgan fingerprint density at radius 3 is 2.54 bits per heavy atom. The minimum Gasteiger partial charge on any atom is -0.496 e. The standard InChI is InChI=1S/C27H28F2N2O5S/c1-15(2)8-9-36-13-17-6-5-7-19(24(17)35-4)23-14-37-27(30-23)31-25(32)18-11-21(28)20(22(29)12-18)10-16(3)26(33)34/h5-7,10-12,14-15H,8-9,13H2,1-4H3,(H,33,34)(H,30,31,32)/b16-10+. The number of nitrogens with zero attached hydrogens (tertiary/aromatic N) is 1. The van der Waals surface area contributed by atoms with Crippen LogP contribution in [0.1, 0.15) is 48.7 Å². The van der Waals surface area contributed by atoms with E-state index in [-0.39, 0.29) is 16.3 Å². The van der Waals surface area contributed by atoms with E-state index in [4.69, 9.17) is 14.6 Å². The molecule has 0 bridgehead atoms. The summed E-state index contributed by atoms with van der Waals surface area (Å²) < 4.78 is 40.3. The third-order valence-electron chi connectivity index (χ3n) is 5.44. The van der Waals surface area contributed by atoms with Crippen LogP contribution in [0.15, 0.2) is 41.3 Å². The lowest BCUT2D eigenvalue weighted by Crippen LogP contribution is -2.13. The Bertz CT molecular complexity index is 1300. The normalized spacial score (nSPS) is 11.6. The molecule has 2 aromatic carbocycles. The molecule has 1 amide bonds.